The number of benzene rings is 2. The Kier molecular flexibility index (Phi) is 7.64. The van der Waals surface area contributed by atoms with Gasteiger partial charge in [0, 0.05) is 11.1 Å². The fraction of sp³-hybridized carbons (Fsp3) is 0.419. The molecule has 0 saturated heterocycles. The summed E-state index contributed by atoms with van der Waals surface area (Å²) in [6.45, 7) is 6.00. The van der Waals surface area contributed by atoms with Crippen LogP contribution in [0.3, 0.4) is 0 Å². The molecular formula is C31H35F. The molecule has 0 heterocycles. The molecule has 2 aliphatic carbocycles. The van der Waals surface area contributed by atoms with E-state index in [4.69, 9.17) is 0 Å². The molecule has 32 heavy (non-hydrogen) atoms. The number of allylic oxidation sites excluding steroid dienone is 3. The predicted molar refractivity (Wildman–Crippen MR) is 133 cm³/mol. The molecule has 0 nitrogen and oxygen atoms in total. The third-order valence-corrected chi connectivity index (χ3v) is 7.59. The molecule has 4 rings (SSSR count). The van der Waals surface area contributed by atoms with Gasteiger partial charge in [0.25, 0.3) is 0 Å². The van der Waals surface area contributed by atoms with Crippen LogP contribution in [0.25, 0.3) is 0 Å². The molecule has 0 N–H and O–H groups in total. The molecule has 0 aromatic heterocycles. The molecule has 0 aliphatic heterocycles. The van der Waals surface area contributed by atoms with Crippen LogP contribution < -0.4 is 0 Å². The molecule has 0 bridgehead atoms. The van der Waals surface area contributed by atoms with E-state index >= 15 is 0 Å². The van der Waals surface area contributed by atoms with Crippen molar-refractivity contribution in [3.8, 4) is 11.8 Å². The average Bonchev–Trinajstić information content (AvgIpc) is 2.83. The Balaban J connectivity index is 1.36. The molecule has 0 radical (unpaired) electrons. The van der Waals surface area contributed by atoms with E-state index in [2.05, 4.69) is 54.8 Å². The number of aryl methyl sites for hydroxylation is 1. The molecule has 4 unspecified atom stereocenters. The first-order chi connectivity index (χ1) is 15.7. The summed E-state index contributed by atoms with van der Waals surface area (Å²) in [5.74, 6) is 9.40. The van der Waals surface area contributed by atoms with E-state index < -0.39 is 0 Å². The van der Waals surface area contributed by atoms with Gasteiger partial charge in [0.2, 0.25) is 0 Å². The van der Waals surface area contributed by atoms with Gasteiger partial charge in [-0.05, 0) is 117 Å². The van der Waals surface area contributed by atoms with Gasteiger partial charge in [0.15, 0.2) is 0 Å². The number of rotatable bonds is 5. The molecule has 2 saturated carbocycles. The van der Waals surface area contributed by atoms with Crippen LogP contribution in [0.5, 0.6) is 0 Å². The SMILES string of the molecule is C=CC1CCC2CC(c3ccc(C#Cc4ccc(CC/C=C/C)c(F)c4)cc3)CCC2C1. The summed E-state index contributed by atoms with van der Waals surface area (Å²) in [4.78, 5) is 0. The van der Waals surface area contributed by atoms with Gasteiger partial charge in [-0.25, -0.2) is 4.39 Å². The lowest BCUT2D eigenvalue weighted by Crippen LogP contribution is -2.29. The number of hydrogen-bond acceptors (Lipinski definition) is 0. The molecule has 1 heteroatoms. The predicted octanol–water partition coefficient (Wildman–Crippen LogP) is 8.22. The molecule has 166 valence electrons. The van der Waals surface area contributed by atoms with Crippen molar-refractivity contribution in [1.82, 2.24) is 0 Å². The smallest absolute Gasteiger partial charge is 0.127 e. The summed E-state index contributed by atoms with van der Waals surface area (Å²) in [5.41, 5.74) is 3.93. The summed E-state index contributed by atoms with van der Waals surface area (Å²) in [5, 5.41) is 0. The van der Waals surface area contributed by atoms with Gasteiger partial charge in [-0.1, -0.05) is 48.3 Å². The van der Waals surface area contributed by atoms with Crippen LogP contribution in [0, 0.1) is 35.4 Å². The fourth-order valence-corrected chi connectivity index (χ4v) is 5.66. The van der Waals surface area contributed by atoms with Crippen LogP contribution in [0.4, 0.5) is 4.39 Å². The highest BCUT2D eigenvalue weighted by Gasteiger charge is 2.35. The summed E-state index contributed by atoms with van der Waals surface area (Å²) < 4.78 is 14.3. The Bertz CT molecular complexity index is 1000. The van der Waals surface area contributed by atoms with Gasteiger partial charge in [0.1, 0.15) is 5.82 Å². The highest BCUT2D eigenvalue weighted by molar-refractivity contribution is 5.44. The first kappa shape index (κ1) is 22.6. The lowest BCUT2D eigenvalue weighted by molar-refractivity contribution is 0.133. The average molecular weight is 427 g/mol. The minimum Gasteiger partial charge on any atom is -0.207 e. The second-order valence-electron chi connectivity index (χ2n) is 9.62. The van der Waals surface area contributed by atoms with Crippen LogP contribution in [-0.4, -0.2) is 0 Å². The Morgan fingerprint density at radius 3 is 2.41 bits per heavy atom. The Hall–Kier alpha value is -2.59. The quantitative estimate of drug-likeness (QED) is 0.334. The van der Waals surface area contributed by atoms with Crippen molar-refractivity contribution in [2.24, 2.45) is 17.8 Å². The third kappa shape index (κ3) is 5.60. The maximum atomic E-state index is 14.3. The minimum absolute atomic E-state index is 0.158. The van der Waals surface area contributed by atoms with Crippen LogP contribution in [0.1, 0.15) is 80.0 Å². The Morgan fingerprint density at radius 2 is 1.66 bits per heavy atom. The monoisotopic (exact) mass is 426 g/mol. The van der Waals surface area contributed by atoms with Crippen molar-refractivity contribution in [3.05, 3.63) is 95.3 Å². The van der Waals surface area contributed by atoms with E-state index in [0.29, 0.717) is 5.92 Å². The lowest BCUT2D eigenvalue weighted by Gasteiger charge is -2.41. The molecule has 2 aromatic carbocycles. The first-order valence-electron chi connectivity index (χ1n) is 12.3. The molecule has 4 atom stereocenters. The fourth-order valence-electron chi connectivity index (χ4n) is 5.66. The summed E-state index contributed by atoms with van der Waals surface area (Å²) in [6.07, 6.45) is 15.9. The maximum Gasteiger partial charge on any atom is 0.127 e. The van der Waals surface area contributed by atoms with Crippen LogP contribution in [0.15, 0.2) is 67.3 Å². The van der Waals surface area contributed by atoms with Gasteiger partial charge in [-0.15, -0.1) is 6.58 Å². The largest absolute Gasteiger partial charge is 0.207 e. The normalized spacial score (nSPS) is 25.1. The molecule has 0 amide bonds. The van der Waals surface area contributed by atoms with Gasteiger partial charge in [-0.2, -0.15) is 0 Å². The van der Waals surface area contributed by atoms with Crippen molar-refractivity contribution >= 4 is 0 Å². The summed E-state index contributed by atoms with van der Waals surface area (Å²) >= 11 is 0. The maximum absolute atomic E-state index is 14.3. The topological polar surface area (TPSA) is 0 Å². The van der Waals surface area contributed by atoms with Crippen molar-refractivity contribution in [2.75, 3.05) is 0 Å². The standard InChI is InChI=1S/C31H35F/c1-3-5-6-7-27-16-13-25(21-31(27)32)9-8-24-11-14-26(15-12-24)29-19-18-28-20-23(4-2)10-17-30(28)22-29/h3-5,11-16,21,23,28-30H,2,6-7,10,17-20,22H2,1H3/b5-3+. The third-order valence-electron chi connectivity index (χ3n) is 7.59. The van der Waals surface area contributed by atoms with Crippen molar-refractivity contribution in [1.29, 1.82) is 0 Å². The molecule has 2 aromatic rings. The van der Waals surface area contributed by atoms with E-state index in [9.17, 15) is 4.39 Å². The second kappa shape index (κ2) is 10.8. The number of halogens is 1. The number of fused-ring (bicyclic) bond motifs is 1. The molecule has 2 aliphatic rings. The van der Waals surface area contributed by atoms with Crippen LogP contribution in [-0.2, 0) is 6.42 Å². The minimum atomic E-state index is -0.158. The van der Waals surface area contributed by atoms with E-state index in [-0.39, 0.29) is 5.82 Å². The second-order valence-corrected chi connectivity index (χ2v) is 9.62. The zero-order chi connectivity index (χ0) is 22.3. The first-order valence-corrected chi connectivity index (χ1v) is 12.3. The highest BCUT2D eigenvalue weighted by Crippen LogP contribution is 2.47. The zero-order valence-corrected chi connectivity index (χ0v) is 19.3. The van der Waals surface area contributed by atoms with Gasteiger partial charge < -0.3 is 0 Å². The van der Waals surface area contributed by atoms with E-state index in [1.165, 1.54) is 44.1 Å². The Morgan fingerprint density at radius 1 is 0.938 bits per heavy atom. The van der Waals surface area contributed by atoms with E-state index in [1.54, 1.807) is 6.07 Å². The van der Waals surface area contributed by atoms with E-state index in [1.807, 2.05) is 25.1 Å². The van der Waals surface area contributed by atoms with Crippen molar-refractivity contribution in [3.63, 3.8) is 0 Å². The lowest BCUT2D eigenvalue weighted by atomic mass is 9.64. The Labute approximate surface area is 193 Å². The molecular weight excluding hydrogens is 391 g/mol. The molecule has 2 fully saturated rings. The van der Waals surface area contributed by atoms with Gasteiger partial charge in [0.05, 0.1) is 0 Å². The number of hydrogen-bond donors (Lipinski definition) is 0. The zero-order valence-electron chi connectivity index (χ0n) is 19.3. The summed E-state index contributed by atoms with van der Waals surface area (Å²) in [6, 6.07) is 14.1. The van der Waals surface area contributed by atoms with Gasteiger partial charge in [-0.3, -0.25) is 0 Å². The van der Waals surface area contributed by atoms with Crippen LogP contribution >= 0.6 is 0 Å². The van der Waals surface area contributed by atoms with Crippen molar-refractivity contribution in [2.45, 2.75) is 64.2 Å². The van der Waals surface area contributed by atoms with Gasteiger partial charge >= 0.3 is 0 Å². The molecule has 0 spiro atoms. The highest BCUT2D eigenvalue weighted by atomic mass is 19.1. The summed E-state index contributed by atoms with van der Waals surface area (Å²) in [7, 11) is 0. The van der Waals surface area contributed by atoms with Crippen molar-refractivity contribution < 1.29 is 4.39 Å². The van der Waals surface area contributed by atoms with E-state index in [0.717, 1.165) is 47.3 Å². The van der Waals surface area contributed by atoms with Crippen LogP contribution in [0.2, 0.25) is 0 Å².